The Morgan fingerprint density at radius 3 is 2.83 bits per heavy atom. The number of rotatable bonds is 4. The molecule has 0 fully saturated rings. The number of aliphatic hydroxyl groups excluding tert-OH is 1. The quantitative estimate of drug-likeness (QED) is 0.737. The predicted octanol–water partition coefficient (Wildman–Crippen LogP) is 1.39. The molecule has 0 radical (unpaired) electrons. The normalized spacial score (nSPS) is 11.0. The Kier molecular flexibility index (Phi) is 3.29. The largest absolute Gasteiger partial charge is 0.396 e. The van der Waals surface area contributed by atoms with E-state index in [1.54, 1.807) is 0 Å². The van der Waals surface area contributed by atoms with Crippen molar-refractivity contribution in [3.8, 4) is 0 Å². The van der Waals surface area contributed by atoms with Gasteiger partial charge in [-0.2, -0.15) is 5.10 Å². The van der Waals surface area contributed by atoms with Crippen molar-refractivity contribution in [3.05, 3.63) is 18.0 Å². The molecule has 0 aliphatic carbocycles. The van der Waals surface area contributed by atoms with Crippen LogP contribution in [0, 0.1) is 0 Å². The van der Waals surface area contributed by atoms with Gasteiger partial charge in [0, 0.05) is 19.3 Å². The summed E-state index contributed by atoms with van der Waals surface area (Å²) in [5.74, 6) is 0.535. The van der Waals surface area contributed by atoms with Crippen molar-refractivity contribution in [1.29, 1.82) is 0 Å². The fourth-order valence-corrected chi connectivity index (χ4v) is 1.03. The minimum absolute atomic E-state index is 0.233. The van der Waals surface area contributed by atoms with Crippen molar-refractivity contribution >= 4 is 0 Å². The number of hydrogen-bond acceptors (Lipinski definition) is 2. The highest BCUT2D eigenvalue weighted by Gasteiger charge is 2.01. The molecule has 1 aromatic rings. The summed E-state index contributed by atoms with van der Waals surface area (Å²) < 4.78 is 1.88. The van der Waals surface area contributed by atoms with Gasteiger partial charge < -0.3 is 5.11 Å². The van der Waals surface area contributed by atoms with Crippen LogP contribution in [-0.2, 0) is 6.54 Å². The Hall–Kier alpha value is -0.830. The molecule has 1 N–H and O–H groups in total. The van der Waals surface area contributed by atoms with Crippen molar-refractivity contribution in [3.63, 3.8) is 0 Å². The maximum atomic E-state index is 8.60. The average Bonchev–Trinajstić information content (AvgIpc) is 2.48. The van der Waals surface area contributed by atoms with E-state index in [-0.39, 0.29) is 6.61 Å². The van der Waals surface area contributed by atoms with Gasteiger partial charge in [-0.15, -0.1) is 0 Å². The summed E-state index contributed by atoms with van der Waals surface area (Å²) in [6.07, 6.45) is 4.71. The van der Waals surface area contributed by atoms with Crippen LogP contribution in [0.1, 0.15) is 31.7 Å². The second-order valence-corrected chi connectivity index (χ2v) is 3.27. The number of aryl methyl sites for hydroxylation is 1. The third-order valence-electron chi connectivity index (χ3n) is 1.87. The number of aliphatic hydroxyl groups is 1. The summed E-state index contributed by atoms with van der Waals surface area (Å²) in [5.41, 5.74) is 1.26. The number of aromatic nitrogens is 2. The molecule has 1 heterocycles. The van der Waals surface area contributed by atoms with Gasteiger partial charge in [-0.3, -0.25) is 4.68 Å². The van der Waals surface area contributed by atoms with E-state index in [4.69, 9.17) is 5.11 Å². The fraction of sp³-hybridized carbons (Fsp3) is 0.667. The molecule has 0 aliphatic heterocycles. The summed E-state index contributed by atoms with van der Waals surface area (Å²) in [6.45, 7) is 5.33. The molecule has 1 rings (SSSR count). The van der Waals surface area contributed by atoms with Gasteiger partial charge >= 0.3 is 0 Å². The molecule has 0 aromatic carbocycles. The van der Waals surface area contributed by atoms with Crippen LogP contribution in [0.15, 0.2) is 12.4 Å². The molecule has 0 bridgehead atoms. The van der Waals surface area contributed by atoms with Crippen molar-refractivity contribution in [2.45, 2.75) is 32.7 Å². The van der Waals surface area contributed by atoms with Crippen LogP contribution in [0.25, 0.3) is 0 Å². The molecule has 0 atom stereocenters. The number of nitrogens with zero attached hydrogens (tertiary/aromatic N) is 2. The van der Waals surface area contributed by atoms with Crippen LogP contribution in [0.4, 0.5) is 0 Å². The molecule has 0 amide bonds. The molecule has 3 heteroatoms. The number of hydrogen-bond donors (Lipinski definition) is 1. The lowest BCUT2D eigenvalue weighted by Crippen LogP contribution is -1.99. The zero-order valence-electron chi connectivity index (χ0n) is 7.70. The van der Waals surface area contributed by atoms with Crippen LogP contribution >= 0.6 is 0 Å². The first-order valence-corrected chi connectivity index (χ1v) is 4.37. The summed E-state index contributed by atoms with van der Waals surface area (Å²) in [4.78, 5) is 0. The maximum Gasteiger partial charge on any atom is 0.0524 e. The first kappa shape index (κ1) is 9.26. The molecule has 0 saturated carbocycles. The average molecular weight is 168 g/mol. The van der Waals surface area contributed by atoms with E-state index in [1.165, 1.54) is 5.56 Å². The summed E-state index contributed by atoms with van der Waals surface area (Å²) in [7, 11) is 0. The third kappa shape index (κ3) is 2.34. The maximum absolute atomic E-state index is 8.60. The SMILES string of the molecule is CC(C)c1cnn(CCCO)c1. The van der Waals surface area contributed by atoms with E-state index >= 15 is 0 Å². The second-order valence-electron chi connectivity index (χ2n) is 3.27. The molecule has 0 unspecified atom stereocenters. The standard InChI is InChI=1S/C9H16N2O/c1-8(2)9-6-10-11(7-9)4-3-5-12/h6-8,12H,3-5H2,1-2H3. The van der Waals surface area contributed by atoms with E-state index in [2.05, 4.69) is 18.9 Å². The molecule has 68 valence electrons. The summed E-state index contributed by atoms with van der Waals surface area (Å²) in [5, 5.41) is 12.8. The van der Waals surface area contributed by atoms with Crippen LogP contribution in [-0.4, -0.2) is 21.5 Å². The van der Waals surface area contributed by atoms with Gasteiger partial charge in [0.05, 0.1) is 6.20 Å². The highest BCUT2D eigenvalue weighted by Crippen LogP contribution is 2.12. The lowest BCUT2D eigenvalue weighted by molar-refractivity contribution is 0.277. The summed E-state index contributed by atoms with van der Waals surface area (Å²) >= 11 is 0. The molecular weight excluding hydrogens is 152 g/mol. The fourth-order valence-electron chi connectivity index (χ4n) is 1.03. The Balaban J connectivity index is 2.52. The molecule has 3 nitrogen and oxygen atoms in total. The van der Waals surface area contributed by atoms with E-state index in [0.717, 1.165) is 13.0 Å². The van der Waals surface area contributed by atoms with Crippen molar-refractivity contribution in [2.24, 2.45) is 0 Å². The lowest BCUT2D eigenvalue weighted by Gasteiger charge is -1.99. The van der Waals surface area contributed by atoms with E-state index in [1.807, 2.05) is 17.1 Å². The van der Waals surface area contributed by atoms with E-state index in [9.17, 15) is 0 Å². The van der Waals surface area contributed by atoms with Gasteiger partial charge in [0.1, 0.15) is 0 Å². The van der Waals surface area contributed by atoms with Crippen LogP contribution < -0.4 is 0 Å². The molecule has 0 aliphatic rings. The van der Waals surface area contributed by atoms with E-state index in [0.29, 0.717) is 5.92 Å². The van der Waals surface area contributed by atoms with Crippen LogP contribution in [0.5, 0.6) is 0 Å². The minimum atomic E-state index is 0.233. The van der Waals surface area contributed by atoms with Gasteiger partial charge in [-0.1, -0.05) is 13.8 Å². The Morgan fingerprint density at radius 1 is 1.58 bits per heavy atom. The Morgan fingerprint density at radius 2 is 2.33 bits per heavy atom. The zero-order chi connectivity index (χ0) is 8.97. The van der Waals surface area contributed by atoms with Gasteiger partial charge in [0.25, 0.3) is 0 Å². The summed E-state index contributed by atoms with van der Waals surface area (Å²) in [6, 6.07) is 0. The van der Waals surface area contributed by atoms with Gasteiger partial charge in [0.15, 0.2) is 0 Å². The minimum Gasteiger partial charge on any atom is -0.396 e. The Labute approximate surface area is 73.0 Å². The monoisotopic (exact) mass is 168 g/mol. The Bertz CT molecular complexity index is 230. The predicted molar refractivity (Wildman–Crippen MR) is 48.0 cm³/mol. The van der Waals surface area contributed by atoms with Crippen LogP contribution in [0.2, 0.25) is 0 Å². The van der Waals surface area contributed by atoms with Gasteiger partial charge in [-0.05, 0) is 17.9 Å². The highest BCUT2D eigenvalue weighted by atomic mass is 16.3. The molecular formula is C9H16N2O. The molecule has 0 saturated heterocycles. The zero-order valence-corrected chi connectivity index (χ0v) is 7.70. The smallest absolute Gasteiger partial charge is 0.0524 e. The first-order valence-electron chi connectivity index (χ1n) is 4.37. The highest BCUT2D eigenvalue weighted by molar-refractivity contribution is 5.08. The van der Waals surface area contributed by atoms with Crippen molar-refractivity contribution in [2.75, 3.05) is 6.61 Å². The topological polar surface area (TPSA) is 38.0 Å². The van der Waals surface area contributed by atoms with Gasteiger partial charge in [0.2, 0.25) is 0 Å². The van der Waals surface area contributed by atoms with Gasteiger partial charge in [-0.25, -0.2) is 0 Å². The lowest BCUT2D eigenvalue weighted by atomic mass is 10.1. The van der Waals surface area contributed by atoms with E-state index < -0.39 is 0 Å². The molecule has 12 heavy (non-hydrogen) atoms. The molecule has 1 aromatic heterocycles. The molecule has 0 spiro atoms. The van der Waals surface area contributed by atoms with Crippen molar-refractivity contribution < 1.29 is 5.11 Å². The third-order valence-corrected chi connectivity index (χ3v) is 1.87. The second kappa shape index (κ2) is 4.26. The van der Waals surface area contributed by atoms with Crippen LogP contribution in [0.3, 0.4) is 0 Å². The van der Waals surface area contributed by atoms with Crippen molar-refractivity contribution in [1.82, 2.24) is 9.78 Å². The first-order chi connectivity index (χ1) is 5.74.